The number of nitrogens with two attached hydrogens (primary N) is 12. The summed E-state index contributed by atoms with van der Waals surface area (Å²) in [6, 6.07) is 34.5. The van der Waals surface area contributed by atoms with Crippen LogP contribution in [-0.2, 0) is 40.5 Å². The molecule has 0 aliphatic carbocycles. The molecule has 0 bridgehead atoms. The highest BCUT2D eigenvalue weighted by Gasteiger charge is 2.07. The monoisotopic (exact) mass is 992 g/mol. The number of benzene rings is 6. The lowest BCUT2D eigenvalue weighted by molar-refractivity contribution is -0.117. The van der Waals surface area contributed by atoms with Crippen molar-refractivity contribution in [3.8, 4) is 0 Å². The van der Waals surface area contributed by atoms with Crippen molar-refractivity contribution in [2.75, 3.05) is 0 Å². The van der Waals surface area contributed by atoms with E-state index in [0.29, 0.717) is 21.5 Å². The molecule has 24 N–H and O–H groups in total. The van der Waals surface area contributed by atoms with Crippen molar-refractivity contribution in [3.05, 3.63) is 145 Å². The molecule has 0 unspecified atom stereocenters. The maximum Gasteiger partial charge on any atom is 0.336 e. The van der Waals surface area contributed by atoms with Crippen molar-refractivity contribution in [2.24, 2.45) is 45.9 Å². The molecule has 0 fully saturated rings. The number of rotatable bonds is 6. The normalized spacial score (nSPS) is 10.7. The Morgan fingerprint density at radius 3 is 0.652 bits per heavy atom. The van der Waals surface area contributed by atoms with E-state index in [9.17, 15) is 51.9 Å². The van der Waals surface area contributed by atoms with E-state index in [1.54, 1.807) is 0 Å². The second-order valence-electron chi connectivity index (χ2n) is 12.3. The van der Waals surface area contributed by atoms with Crippen LogP contribution in [0.15, 0.2) is 153 Å². The Balaban J connectivity index is 0.000000828. The molecule has 6 rings (SSSR count). The Morgan fingerprint density at radius 2 is 0.500 bits per heavy atom. The van der Waals surface area contributed by atoms with Crippen molar-refractivity contribution < 1.29 is 73.5 Å². The van der Waals surface area contributed by atoms with Crippen LogP contribution in [0.2, 0.25) is 0 Å². The summed E-state index contributed by atoms with van der Waals surface area (Å²) in [4.78, 5) is -1.64. The van der Waals surface area contributed by atoms with E-state index in [4.69, 9.17) is 0 Å². The largest absolute Gasteiger partial charge is 0.744 e. The first kappa shape index (κ1) is 58.3. The molecule has 6 aromatic rings. The van der Waals surface area contributed by atoms with E-state index in [2.05, 4.69) is 104 Å². The van der Waals surface area contributed by atoms with Gasteiger partial charge in [-0.15, -0.1) is 0 Å². The fourth-order valence-electron chi connectivity index (χ4n) is 4.35. The average Bonchev–Trinajstić information content (AvgIpc) is 3.18. The maximum atomic E-state index is 10.8. The number of guanidine groups is 4. The highest BCUT2D eigenvalue weighted by Crippen LogP contribution is 2.23. The highest BCUT2D eigenvalue weighted by atomic mass is 32.2. The Hall–Kier alpha value is -7.70. The zero-order valence-electron chi connectivity index (χ0n) is 34.3. The summed E-state index contributed by atoms with van der Waals surface area (Å²) in [6.07, 6.45) is 4.24. The zero-order chi connectivity index (χ0) is 51.1. The Bertz CT molecular complexity index is 2700. The summed E-state index contributed by atoms with van der Waals surface area (Å²) in [5, 5.41) is 19.8. The molecule has 0 saturated heterocycles. The molecule has 0 radical (unpaired) electrons. The molecule has 356 valence electrons. The van der Waals surface area contributed by atoms with Crippen LogP contribution in [0, 0.1) is 0 Å². The first-order valence-electron chi connectivity index (χ1n) is 17.5. The number of fused-ring (bicyclic) bond motifs is 2. The van der Waals surface area contributed by atoms with Crippen LogP contribution >= 0.6 is 0 Å². The third-order valence-corrected chi connectivity index (χ3v) is 10.1. The molecular weight excluding hydrogens is 945 g/mol. The van der Waals surface area contributed by atoms with E-state index >= 15 is 0 Å². The van der Waals surface area contributed by atoms with E-state index in [-0.39, 0.29) is 23.8 Å². The SMILES string of the molecule is C(=C\c1ccccc1)/c1ccccc1.NC(N)=[NH2+].NC(N)=[NH2+].NC(N)=[NH2+].NC(N)=[NH2+].O=S(=O)([O-])c1ccc2cc(S(=O)(=O)[O-])ccc2c1.O=S(=O)([O-])c1ccc2cc(S(=O)(=O)[O-])ccc2c1. The van der Waals surface area contributed by atoms with Gasteiger partial charge in [-0.25, -0.2) is 33.7 Å². The predicted octanol–water partition coefficient (Wildman–Crippen LogP) is -6.77. The second kappa shape index (κ2) is 26.8. The van der Waals surface area contributed by atoms with E-state index < -0.39 is 60.1 Å². The highest BCUT2D eigenvalue weighted by molar-refractivity contribution is 7.86. The van der Waals surface area contributed by atoms with Crippen LogP contribution in [0.1, 0.15) is 11.1 Å². The Morgan fingerprint density at radius 1 is 0.333 bits per heavy atom. The molecule has 0 aromatic heterocycles. The van der Waals surface area contributed by atoms with Gasteiger partial charge in [0.25, 0.3) is 0 Å². The van der Waals surface area contributed by atoms with Gasteiger partial charge in [0.2, 0.25) is 0 Å². The van der Waals surface area contributed by atoms with Gasteiger partial charge in [0.1, 0.15) is 40.5 Å². The minimum Gasteiger partial charge on any atom is -0.744 e. The topological polar surface area (TPSA) is 539 Å². The minimum absolute atomic E-state index is 0.0833. The molecule has 0 aliphatic heterocycles. The molecule has 0 aliphatic rings. The second-order valence-corrected chi connectivity index (χ2v) is 17.8. The van der Waals surface area contributed by atoms with Gasteiger partial charge in [-0.05, 0) is 81.2 Å². The van der Waals surface area contributed by atoms with Crippen LogP contribution in [0.5, 0.6) is 0 Å². The molecule has 0 saturated carbocycles. The van der Waals surface area contributed by atoms with Gasteiger partial charge in [0.05, 0.1) is 19.6 Å². The van der Waals surface area contributed by atoms with Gasteiger partial charge in [0, 0.05) is 0 Å². The summed E-state index contributed by atoms with van der Waals surface area (Å²) in [5.74, 6) is -0.333. The zero-order valence-corrected chi connectivity index (χ0v) is 37.6. The third-order valence-electron chi connectivity index (χ3n) is 6.79. The molecule has 0 amide bonds. The van der Waals surface area contributed by atoms with Crippen LogP contribution in [0.25, 0.3) is 33.7 Å². The van der Waals surface area contributed by atoms with Gasteiger partial charge in [0.15, 0.2) is 0 Å². The smallest absolute Gasteiger partial charge is 0.336 e. The summed E-state index contributed by atoms with van der Waals surface area (Å²) >= 11 is 0. The first-order chi connectivity index (χ1) is 30.2. The van der Waals surface area contributed by atoms with Crippen LogP contribution in [0.4, 0.5) is 0 Å². The fourth-order valence-corrected chi connectivity index (χ4v) is 6.37. The lowest BCUT2D eigenvalue weighted by Gasteiger charge is -2.10. The molecule has 0 atom stereocenters. The maximum absolute atomic E-state index is 10.8. The molecule has 28 heteroatoms. The van der Waals surface area contributed by atoms with E-state index in [1.807, 2.05) is 36.4 Å². The average molecular weight is 993 g/mol. The van der Waals surface area contributed by atoms with Gasteiger partial charge in [-0.1, -0.05) is 97.1 Å². The van der Waals surface area contributed by atoms with Crippen molar-refractivity contribution >= 4 is 98.0 Å². The summed E-state index contributed by atoms with van der Waals surface area (Å²) in [7, 11) is -18.3. The first-order valence-corrected chi connectivity index (χ1v) is 23.1. The number of hydrogen-bond donors (Lipinski definition) is 12. The van der Waals surface area contributed by atoms with Gasteiger partial charge < -0.3 is 18.2 Å². The van der Waals surface area contributed by atoms with E-state index in [0.717, 1.165) is 48.5 Å². The fraction of sp³-hybridized carbons (Fsp3) is 0. The molecule has 0 spiro atoms. The van der Waals surface area contributed by atoms with Crippen LogP contribution < -0.4 is 67.5 Å². The third kappa shape index (κ3) is 26.0. The predicted molar refractivity (Wildman–Crippen MR) is 243 cm³/mol. The van der Waals surface area contributed by atoms with Crippen LogP contribution in [-0.4, -0.2) is 75.7 Å². The van der Waals surface area contributed by atoms with E-state index in [1.165, 1.54) is 35.4 Å². The van der Waals surface area contributed by atoms with Gasteiger partial charge in [-0.3, -0.25) is 67.5 Å². The summed E-state index contributed by atoms with van der Waals surface area (Å²) in [6.45, 7) is 0. The summed E-state index contributed by atoms with van der Waals surface area (Å²) < 4.78 is 130. The van der Waals surface area contributed by atoms with Crippen molar-refractivity contribution in [2.45, 2.75) is 19.6 Å². The molecule has 6 aromatic carbocycles. The molecular formula is C38H48N12O12S4. The lowest BCUT2D eigenvalue weighted by Crippen LogP contribution is -2.51. The number of hydrogen-bond acceptors (Lipinski definition) is 12. The quantitative estimate of drug-likeness (QED) is 0.0319. The van der Waals surface area contributed by atoms with Crippen molar-refractivity contribution in [1.29, 1.82) is 0 Å². The molecule has 24 nitrogen and oxygen atoms in total. The Labute approximate surface area is 379 Å². The minimum atomic E-state index is -4.56. The van der Waals surface area contributed by atoms with Gasteiger partial charge >= 0.3 is 23.8 Å². The lowest BCUT2D eigenvalue weighted by atomic mass is 10.1. The molecule has 66 heavy (non-hydrogen) atoms. The summed E-state index contributed by atoms with van der Waals surface area (Å²) in [5.41, 5.74) is 39.1. The van der Waals surface area contributed by atoms with Gasteiger partial charge in [-0.2, -0.15) is 0 Å². The Kier molecular flexibility index (Phi) is 23.7. The standard InChI is InChI=1S/C14H12.2C10H8O6S2.4CH5N3/c1-3-7-13(8-4-1)11-12-14-9-5-2-6-10-14;2*11-17(12,13)9-3-1-7-5-10(18(14,15)16)4-2-8(7)6-9;4*2-1(3)4/h1-12H;2*1-6H,(H,11,12,13)(H,14,15,16);4*(H5,2,3,4)/b12-11+;;;;;;. The van der Waals surface area contributed by atoms with Crippen LogP contribution in [0.3, 0.4) is 0 Å². The van der Waals surface area contributed by atoms with Crippen molar-refractivity contribution in [3.63, 3.8) is 0 Å². The molecule has 0 heterocycles. The van der Waals surface area contributed by atoms with Crippen molar-refractivity contribution in [1.82, 2.24) is 0 Å².